The maximum absolute atomic E-state index is 2.46. The first-order chi connectivity index (χ1) is 5.85. The van der Waals surface area contributed by atoms with E-state index >= 15 is 0 Å². The molecule has 12 heavy (non-hydrogen) atoms. The number of hydrogen-bond donors (Lipinski definition) is 0. The van der Waals surface area contributed by atoms with Gasteiger partial charge in [0, 0.05) is 0 Å². The van der Waals surface area contributed by atoms with E-state index in [-0.39, 0.29) is 0 Å². The minimum absolute atomic E-state index is 1.25. The summed E-state index contributed by atoms with van der Waals surface area (Å²) in [6.07, 6.45) is 11.7. The summed E-state index contributed by atoms with van der Waals surface area (Å²) >= 11 is 0. The third-order valence-corrected chi connectivity index (χ3v) is 2.27. The minimum Gasteiger partial charge on any atom is -0.0853 e. The highest BCUT2D eigenvalue weighted by molar-refractivity contribution is 5.00. The fraction of sp³-hybridized carbons (Fsp3) is 0.833. The molecule has 0 heterocycles. The van der Waals surface area contributed by atoms with Crippen LogP contribution in [0.4, 0.5) is 0 Å². The van der Waals surface area contributed by atoms with Crippen molar-refractivity contribution in [3.05, 3.63) is 11.6 Å². The lowest BCUT2D eigenvalue weighted by atomic mass is 10.1. The fourth-order valence-electron chi connectivity index (χ4n) is 1.44. The Morgan fingerprint density at radius 1 is 1.00 bits per heavy atom. The maximum Gasteiger partial charge on any atom is -0.0323 e. The molecule has 0 fully saturated rings. The Balaban J connectivity index is 3.48. The van der Waals surface area contributed by atoms with Gasteiger partial charge in [0.1, 0.15) is 0 Å². The molecule has 0 aromatic carbocycles. The van der Waals surface area contributed by atoms with Crippen LogP contribution in [0.25, 0.3) is 0 Å². The van der Waals surface area contributed by atoms with Crippen LogP contribution >= 0.6 is 0 Å². The van der Waals surface area contributed by atoms with Crippen LogP contribution in [0.2, 0.25) is 0 Å². The molecule has 72 valence electrons. The lowest BCUT2D eigenvalue weighted by molar-refractivity contribution is 0.721. The van der Waals surface area contributed by atoms with Crippen LogP contribution in [0, 0.1) is 0 Å². The van der Waals surface area contributed by atoms with Gasteiger partial charge in [-0.25, -0.2) is 0 Å². The van der Waals surface area contributed by atoms with Crippen molar-refractivity contribution in [3.63, 3.8) is 0 Å². The van der Waals surface area contributed by atoms with Gasteiger partial charge < -0.3 is 0 Å². The highest BCUT2D eigenvalue weighted by Gasteiger charge is 1.91. The Morgan fingerprint density at radius 3 is 2.25 bits per heavy atom. The Hall–Kier alpha value is -0.260. The molecule has 0 N–H and O–H groups in total. The standard InChI is InChI=1S/C12H24/c1-4-7-8-9-11-12(6-3)10-5-2/h11H,4-10H2,1-3H3/b12-11+. The van der Waals surface area contributed by atoms with Crippen LogP contribution in [-0.4, -0.2) is 0 Å². The summed E-state index contributed by atoms with van der Waals surface area (Å²) in [5.74, 6) is 0. The summed E-state index contributed by atoms with van der Waals surface area (Å²) in [5.41, 5.74) is 1.66. The zero-order valence-corrected chi connectivity index (χ0v) is 9.03. The fourth-order valence-corrected chi connectivity index (χ4v) is 1.44. The van der Waals surface area contributed by atoms with Crippen molar-refractivity contribution in [2.75, 3.05) is 0 Å². The summed E-state index contributed by atoms with van der Waals surface area (Å²) in [5, 5.41) is 0. The highest BCUT2D eigenvalue weighted by atomic mass is 14.0. The SMILES string of the molecule is CCCCC/C=C(\CC)CCC. The molecule has 0 radical (unpaired) electrons. The summed E-state index contributed by atoms with van der Waals surface area (Å²) in [6.45, 7) is 6.79. The summed E-state index contributed by atoms with van der Waals surface area (Å²) in [6, 6.07) is 0. The second-order valence-electron chi connectivity index (χ2n) is 3.46. The first-order valence-electron chi connectivity index (χ1n) is 5.53. The van der Waals surface area contributed by atoms with Gasteiger partial charge in [0.2, 0.25) is 0 Å². The van der Waals surface area contributed by atoms with Gasteiger partial charge >= 0.3 is 0 Å². The van der Waals surface area contributed by atoms with Crippen molar-refractivity contribution in [1.29, 1.82) is 0 Å². The van der Waals surface area contributed by atoms with Crippen LogP contribution in [0.1, 0.15) is 65.7 Å². The Bertz CT molecular complexity index is 111. The first-order valence-corrected chi connectivity index (χ1v) is 5.53. The summed E-state index contributed by atoms with van der Waals surface area (Å²) in [7, 11) is 0. The average Bonchev–Trinajstić information content (AvgIpc) is 2.10. The molecule has 0 heteroatoms. The van der Waals surface area contributed by atoms with Crippen molar-refractivity contribution in [1.82, 2.24) is 0 Å². The third-order valence-electron chi connectivity index (χ3n) is 2.27. The first kappa shape index (κ1) is 11.7. The van der Waals surface area contributed by atoms with Crippen molar-refractivity contribution in [3.8, 4) is 0 Å². The van der Waals surface area contributed by atoms with E-state index in [1.807, 2.05) is 0 Å². The van der Waals surface area contributed by atoms with Crippen LogP contribution in [0.5, 0.6) is 0 Å². The van der Waals surface area contributed by atoms with Crippen LogP contribution < -0.4 is 0 Å². The topological polar surface area (TPSA) is 0 Å². The lowest BCUT2D eigenvalue weighted by Crippen LogP contribution is -1.81. The van der Waals surface area contributed by atoms with Gasteiger partial charge in [-0.1, -0.05) is 51.7 Å². The van der Waals surface area contributed by atoms with E-state index in [1.54, 1.807) is 5.57 Å². The van der Waals surface area contributed by atoms with E-state index in [9.17, 15) is 0 Å². The quantitative estimate of drug-likeness (QED) is 0.382. The molecule has 0 bridgehead atoms. The van der Waals surface area contributed by atoms with Gasteiger partial charge in [-0.2, -0.15) is 0 Å². The van der Waals surface area contributed by atoms with Crippen LogP contribution in [0.3, 0.4) is 0 Å². The van der Waals surface area contributed by atoms with Crippen molar-refractivity contribution in [2.24, 2.45) is 0 Å². The van der Waals surface area contributed by atoms with Gasteiger partial charge in [-0.3, -0.25) is 0 Å². The number of unbranched alkanes of at least 4 members (excludes halogenated alkanes) is 3. The normalized spacial score (nSPS) is 12.1. The molecule has 0 saturated carbocycles. The Kier molecular flexibility index (Phi) is 8.64. The van der Waals surface area contributed by atoms with Gasteiger partial charge in [0.25, 0.3) is 0 Å². The molecule has 0 saturated heterocycles. The Morgan fingerprint density at radius 2 is 1.75 bits per heavy atom. The molecule has 0 spiro atoms. The van der Waals surface area contributed by atoms with Gasteiger partial charge in [-0.05, 0) is 25.7 Å². The zero-order chi connectivity index (χ0) is 9.23. The molecule has 0 rings (SSSR count). The Labute approximate surface area is 78.1 Å². The maximum atomic E-state index is 2.46. The van der Waals surface area contributed by atoms with Crippen molar-refractivity contribution in [2.45, 2.75) is 65.7 Å². The van der Waals surface area contributed by atoms with Gasteiger partial charge in [-0.15, -0.1) is 0 Å². The predicted molar refractivity (Wildman–Crippen MR) is 57.4 cm³/mol. The molecule has 0 aliphatic carbocycles. The molecule has 0 aromatic rings. The molecular weight excluding hydrogens is 144 g/mol. The van der Waals surface area contributed by atoms with E-state index in [1.165, 1.54) is 44.9 Å². The number of rotatable bonds is 7. The summed E-state index contributed by atoms with van der Waals surface area (Å²) in [4.78, 5) is 0. The van der Waals surface area contributed by atoms with Gasteiger partial charge in [0.05, 0.1) is 0 Å². The van der Waals surface area contributed by atoms with Gasteiger partial charge in [0.15, 0.2) is 0 Å². The van der Waals surface area contributed by atoms with Crippen LogP contribution in [-0.2, 0) is 0 Å². The predicted octanol–water partition coefficient (Wildman–Crippen LogP) is 4.70. The average molecular weight is 168 g/mol. The third kappa shape index (κ3) is 6.45. The molecule has 0 aliphatic rings. The highest BCUT2D eigenvalue weighted by Crippen LogP contribution is 2.11. The largest absolute Gasteiger partial charge is 0.0853 e. The van der Waals surface area contributed by atoms with E-state index in [2.05, 4.69) is 26.8 Å². The molecule has 0 amide bonds. The van der Waals surface area contributed by atoms with E-state index in [0.29, 0.717) is 0 Å². The zero-order valence-electron chi connectivity index (χ0n) is 9.03. The molecule has 0 atom stereocenters. The lowest BCUT2D eigenvalue weighted by Gasteiger charge is -2.01. The second kappa shape index (κ2) is 8.83. The minimum atomic E-state index is 1.25. The van der Waals surface area contributed by atoms with Crippen molar-refractivity contribution >= 4 is 0 Å². The monoisotopic (exact) mass is 168 g/mol. The molecule has 0 unspecified atom stereocenters. The summed E-state index contributed by atoms with van der Waals surface area (Å²) < 4.78 is 0. The van der Waals surface area contributed by atoms with Crippen molar-refractivity contribution < 1.29 is 0 Å². The van der Waals surface area contributed by atoms with E-state index in [4.69, 9.17) is 0 Å². The number of allylic oxidation sites excluding steroid dienone is 2. The molecule has 0 nitrogen and oxygen atoms in total. The second-order valence-corrected chi connectivity index (χ2v) is 3.46. The van der Waals surface area contributed by atoms with E-state index in [0.717, 1.165) is 0 Å². The molecule has 0 aliphatic heterocycles. The smallest absolute Gasteiger partial charge is 0.0323 e. The molecular formula is C12H24. The van der Waals surface area contributed by atoms with Crippen LogP contribution in [0.15, 0.2) is 11.6 Å². The van der Waals surface area contributed by atoms with E-state index < -0.39 is 0 Å². The number of hydrogen-bond acceptors (Lipinski definition) is 0. The molecule has 0 aromatic heterocycles.